The van der Waals surface area contributed by atoms with Crippen LogP contribution < -0.4 is 9.46 Å². The third-order valence-corrected chi connectivity index (χ3v) is 4.27. The van der Waals surface area contributed by atoms with Crippen molar-refractivity contribution in [2.75, 3.05) is 11.3 Å². The monoisotopic (exact) mass is 327 g/mol. The lowest BCUT2D eigenvalue weighted by Gasteiger charge is -2.11. The summed E-state index contributed by atoms with van der Waals surface area (Å²) in [5.74, 6) is -2.47. The maximum atomic E-state index is 13.7. The number of aryl methyl sites for hydroxylation is 1. The number of hydrogen-bond donors (Lipinski definition) is 1. The van der Waals surface area contributed by atoms with Gasteiger partial charge in [0, 0.05) is 12.1 Å². The van der Waals surface area contributed by atoms with Crippen LogP contribution in [-0.2, 0) is 10.0 Å². The molecule has 0 aliphatic heterocycles. The normalized spacial score (nSPS) is 11.3. The maximum absolute atomic E-state index is 13.7. The Kier molecular flexibility index (Phi) is 4.65. The van der Waals surface area contributed by atoms with Crippen molar-refractivity contribution in [2.24, 2.45) is 0 Å². The van der Waals surface area contributed by atoms with Gasteiger partial charge in [-0.3, -0.25) is 4.72 Å². The molecule has 0 unspecified atom stereocenters. The van der Waals surface area contributed by atoms with Crippen LogP contribution in [0.15, 0.2) is 41.3 Å². The molecule has 0 atom stereocenters. The molecule has 2 aromatic carbocycles. The summed E-state index contributed by atoms with van der Waals surface area (Å²) < 4.78 is 58.7. The zero-order valence-electron chi connectivity index (χ0n) is 12.1. The molecule has 22 heavy (non-hydrogen) atoms. The fraction of sp³-hybridized carbons (Fsp3) is 0.200. The maximum Gasteiger partial charge on any atom is 0.261 e. The lowest BCUT2D eigenvalue weighted by Crippen LogP contribution is -2.13. The van der Waals surface area contributed by atoms with Crippen LogP contribution in [0.4, 0.5) is 14.5 Å². The largest absolute Gasteiger partial charge is 0.488 e. The molecule has 0 saturated carbocycles. The summed E-state index contributed by atoms with van der Waals surface area (Å²) in [6.45, 7) is 3.51. The summed E-state index contributed by atoms with van der Waals surface area (Å²) >= 11 is 0. The molecule has 1 N–H and O–H groups in total. The molecule has 2 aromatic rings. The fourth-order valence-corrected chi connectivity index (χ4v) is 2.87. The Morgan fingerprint density at radius 1 is 1.09 bits per heavy atom. The minimum atomic E-state index is -3.91. The Balaban J connectivity index is 2.32. The second kappa shape index (κ2) is 6.31. The molecule has 0 fully saturated rings. The number of rotatable bonds is 5. The Morgan fingerprint density at radius 3 is 2.14 bits per heavy atom. The minimum absolute atomic E-state index is 0.00722. The van der Waals surface area contributed by atoms with Gasteiger partial charge in [-0.25, -0.2) is 17.2 Å². The standard InChI is InChI=1S/C15H15F2NO3S/c1-3-21-15-13(16)8-11(9-14(15)17)18-22(19,20)12-6-4-10(2)5-7-12/h4-9,18H,3H2,1-2H3. The summed E-state index contributed by atoms with van der Waals surface area (Å²) in [6.07, 6.45) is 0. The summed E-state index contributed by atoms with van der Waals surface area (Å²) in [7, 11) is -3.91. The second-order valence-corrected chi connectivity index (χ2v) is 6.30. The predicted octanol–water partition coefficient (Wildman–Crippen LogP) is 3.47. The molecule has 0 amide bonds. The van der Waals surface area contributed by atoms with E-state index in [4.69, 9.17) is 4.74 Å². The molecule has 0 spiro atoms. The van der Waals surface area contributed by atoms with Gasteiger partial charge in [-0.15, -0.1) is 0 Å². The van der Waals surface area contributed by atoms with Gasteiger partial charge in [0.15, 0.2) is 17.4 Å². The first kappa shape index (κ1) is 16.2. The molecule has 0 saturated heterocycles. The first-order valence-corrected chi connectivity index (χ1v) is 8.03. The summed E-state index contributed by atoms with van der Waals surface area (Å²) in [5.41, 5.74) is 0.691. The van der Waals surface area contributed by atoms with Crippen molar-refractivity contribution in [2.45, 2.75) is 18.7 Å². The molecule has 2 rings (SSSR count). The van der Waals surface area contributed by atoms with Crippen molar-refractivity contribution in [1.82, 2.24) is 0 Å². The number of nitrogens with one attached hydrogen (secondary N) is 1. The zero-order chi connectivity index (χ0) is 16.3. The van der Waals surface area contributed by atoms with E-state index >= 15 is 0 Å². The summed E-state index contributed by atoms with van der Waals surface area (Å²) in [4.78, 5) is 0.00722. The third-order valence-electron chi connectivity index (χ3n) is 2.87. The van der Waals surface area contributed by atoms with Crippen LogP contribution in [0.25, 0.3) is 0 Å². The topological polar surface area (TPSA) is 55.4 Å². The highest BCUT2D eigenvalue weighted by Gasteiger charge is 2.18. The number of anilines is 1. The van der Waals surface area contributed by atoms with Gasteiger partial charge in [0.25, 0.3) is 10.0 Å². The Labute approximate surface area is 127 Å². The van der Waals surface area contributed by atoms with E-state index in [0.717, 1.165) is 17.7 Å². The summed E-state index contributed by atoms with van der Waals surface area (Å²) in [6, 6.07) is 7.85. The van der Waals surface area contributed by atoms with Crippen LogP contribution in [0.3, 0.4) is 0 Å². The van der Waals surface area contributed by atoms with Crippen LogP contribution in [0.1, 0.15) is 12.5 Å². The highest BCUT2D eigenvalue weighted by molar-refractivity contribution is 7.92. The van der Waals surface area contributed by atoms with E-state index in [1.165, 1.54) is 12.1 Å². The lowest BCUT2D eigenvalue weighted by atomic mass is 10.2. The van der Waals surface area contributed by atoms with E-state index in [2.05, 4.69) is 4.72 Å². The van der Waals surface area contributed by atoms with Gasteiger partial charge in [-0.05, 0) is 26.0 Å². The van der Waals surface area contributed by atoms with Gasteiger partial charge in [0.1, 0.15) is 0 Å². The van der Waals surface area contributed by atoms with Crippen LogP contribution in [0.5, 0.6) is 5.75 Å². The van der Waals surface area contributed by atoms with E-state index in [0.29, 0.717) is 0 Å². The second-order valence-electron chi connectivity index (χ2n) is 4.62. The van der Waals surface area contributed by atoms with E-state index in [1.54, 1.807) is 19.1 Å². The van der Waals surface area contributed by atoms with E-state index in [1.807, 2.05) is 6.92 Å². The molecule has 7 heteroatoms. The number of hydrogen-bond acceptors (Lipinski definition) is 3. The van der Waals surface area contributed by atoms with Crippen molar-refractivity contribution in [3.8, 4) is 5.75 Å². The molecule has 0 aliphatic rings. The Bertz CT molecular complexity index is 751. The van der Waals surface area contributed by atoms with E-state index in [9.17, 15) is 17.2 Å². The van der Waals surface area contributed by atoms with Gasteiger partial charge in [-0.1, -0.05) is 17.7 Å². The van der Waals surface area contributed by atoms with Gasteiger partial charge < -0.3 is 4.74 Å². The number of halogens is 2. The number of benzene rings is 2. The van der Waals surface area contributed by atoms with Gasteiger partial charge in [-0.2, -0.15) is 0 Å². The number of ether oxygens (including phenoxy) is 1. The first-order valence-electron chi connectivity index (χ1n) is 6.55. The molecule has 0 bridgehead atoms. The lowest BCUT2D eigenvalue weighted by molar-refractivity contribution is 0.303. The van der Waals surface area contributed by atoms with E-state index < -0.39 is 27.4 Å². The molecule has 118 valence electrons. The van der Waals surface area contributed by atoms with Crippen LogP contribution in [0.2, 0.25) is 0 Å². The molecule has 0 radical (unpaired) electrons. The Hall–Kier alpha value is -2.15. The van der Waals surface area contributed by atoms with Crippen LogP contribution >= 0.6 is 0 Å². The molecule has 4 nitrogen and oxygen atoms in total. The molecule has 0 aliphatic carbocycles. The third kappa shape index (κ3) is 3.54. The van der Waals surface area contributed by atoms with Crippen molar-refractivity contribution >= 4 is 15.7 Å². The zero-order valence-corrected chi connectivity index (χ0v) is 12.9. The molecular weight excluding hydrogens is 312 g/mol. The Morgan fingerprint density at radius 2 is 1.64 bits per heavy atom. The fourth-order valence-electron chi connectivity index (χ4n) is 1.83. The van der Waals surface area contributed by atoms with Crippen molar-refractivity contribution in [3.63, 3.8) is 0 Å². The van der Waals surface area contributed by atoms with Gasteiger partial charge in [0.2, 0.25) is 0 Å². The van der Waals surface area contributed by atoms with E-state index in [-0.39, 0.29) is 17.2 Å². The average Bonchev–Trinajstić information content (AvgIpc) is 2.43. The van der Waals surface area contributed by atoms with Crippen LogP contribution in [0, 0.1) is 18.6 Å². The number of sulfonamides is 1. The molecule has 0 heterocycles. The average molecular weight is 327 g/mol. The highest BCUT2D eigenvalue weighted by Crippen LogP contribution is 2.27. The summed E-state index contributed by atoms with van der Waals surface area (Å²) in [5, 5.41) is 0. The minimum Gasteiger partial charge on any atom is -0.488 e. The molecule has 0 aromatic heterocycles. The molecular formula is C15H15F2NO3S. The van der Waals surface area contributed by atoms with Gasteiger partial charge >= 0.3 is 0 Å². The first-order chi connectivity index (χ1) is 10.3. The predicted molar refractivity (Wildman–Crippen MR) is 79.5 cm³/mol. The smallest absolute Gasteiger partial charge is 0.261 e. The highest BCUT2D eigenvalue weighted by atomic mass is 32.2. The quantitative estimate of drug-likeness (QED) is 0.915. The van der Waals surface area contributed by atoms with Gasteiger partial charge in [0.05, 0.1) is 17.2 Å². The van der Waals surface area contributed by atoms with Crippen molar-refractivity contribution in [3.05, 3.63) is 53.6 Å². The van der Waals surface area contributed by atoms with Crippen LogP contribution in [-0.4, -0.2) is 15.0 Å². The van der Waals surface area contributed by atoms with Crippen molar-refractivity contribution < 1.29 is 21.9 Å². The van der Waals surface area contributed by atoms with Crippen molar-refractivity contribution in [1.29, 1.82) is 0 Å². The SMILES string of the molecule is CCOc1c(F)cc(NS(=O)(=O)c2ccc(C)cc2)cc1F.